The van der Waals surface area contributed by atoms with Crippen molar-refractivity contribution >= 4 is 34.1 Å². The van der Waals surface area contributed by atoms with E-state index in [4.69, 9.17) is 4.98 Å². The molecule has 1 aliphatic rings. The zero-order valence-corrected chi connectivity index (χ0v) is 16.7. The molecule has 1 N–H and O–H groups in total. The van der Waals surface area contributed by atoms with E-state index in [-0.39, 0.29) is 17.6 Å². The molecule has 1 aliphatic heterocycles. The van der Waals surface area contributed by atoms with Gasteiger partial charge in [0.15, 0.2) is 11.5 Å². The molecule has 0 unspecified atom stereocenters. The van der Waals surface area contributed by atoms with Crippen molar-refractivity contribution < 1.29 is 9.18 Å². The van der Waals surface area contributed by atoms with Crippen molar-refractivity contribution in [1.29, 1.82) is 0 Å². The molecule has 4 aromatic rings. The van der Waals surface area contributed by atoms with Crippen molar-refractivity contribution in [1.82, 2.24) is 14.4 Å². The fourth-order valence-electron chi connectivity index (χ4n) is 4.09. The summed E-state index contributed by atoms with van der Waals surface area (Å²) in [5, 5.41) is 2.86. The Kier molecular flexibility index (Phi) is 4.58. The number of piperidine rings is 1. The third kappa shape index (κ3) is 3.26. The first-order valence-corrected chi connectivity index (χ1v) is 10.1. The van der Waals surface area contributed by atoms with Crippen LogP contribution in [0.3, 0.4) is 0 Å². The second-order valence-corrected chi connectivity index (χ2v) is 7.76. The highest BCUT2D eigenvalue weighted by molar-refractivity contribution is 5.93. The third-order valence-electron chi connectivity index (χ3n) is 5.82. The van der Waals surface area contributed by atoms with Crippen LogP contribution in [0.5, 0.6) is 0 Å². The van der Waals surface area contributed by atoms with Gasteiger partial charge < -0.3 is 14.6 Å². The molecule has 0 saturated carbocycles. The maximum atomic E-state index is 13.8. The first-order chi connectivity index (χ1) is 14.6. The van der Waals surface area contributed by atoms with Crippen LogP contribution < -0.4 is 10.2 Å². The molecule has 3 aromatic heterocycles. The van der Waals surface area contributed by atoms with E-state index in [9.17, 15) is 9.18 Å². The minimum absolute atomic E-state index is 0.0566. The highest BCUT2D eigenvalue weighted by Gasteiger charge is 2.27. The molecule has 1 saturated heterocycles. The number of carbonyl (C=O) groups is 1. The smallest absolute Gasteiger partial charge is 0.227 e. The molecule has 6 nitrogen and oxygen atoms in total. The van der Waals surface area contributed by atoms with Crippen LogP contribution in [0.15, 0.2) is 54.9 Å². The van der Waals surface area contributed by atoms with Crippen LogP contribution in [0.25, 0.3) is 16.7 Å². The van der Waals surface area contributed by atoms with Crippen molar-refractivity contribution in [3.8, 4) is 0 Å². The molecule has 1 amide bonds. The Bertz CT molecular complexity index is 1240. The first-order valence-electron chi connectivity index (χ1n) is 10.1. The number of anilines is 2. The maximum absolute atomic E-state index is 13.8. The number of fused-ring (bicyclic) bond motifs is 3. The lowest BCUT2D eigenvalue weighted by molar-refractivity contribution is -0.120. The number of carbonyl (C=O) groups excluding carboxylic acids is 1. The second kappa shape index (κ2) is 7.40. The topological polar surface area (TPSA) is 62.5 Å². The molecule has 0 atom stereocenters. The number of benzene rings is 1. The summed E-state index contributed by atoms with van der Waals surface area (Å²) >= 11 is 0. The number of nitrogens with one attached hydrogen (secondary N) is 1. The van der Waals surface area contributed by atoms with Crippen LogP contribution in [0.1, 0.15) is 18.4 Å². The Labute approximate surface area is 173 Å². The summed E-state index contributed by atoms with van der Waals surface area (Å²) in [5.41, 5.74) is 3.78. The molecule has 152 valence electrons. The molecule has 1 aromatic carbocycles. The zero-order valence-electron chi connectivity index (χ0n) is 16.7. The van der Waals surface area contributed by atoms with E-state index in [1.165, 1.54) is 6.07 Å². The highest BCUT2D eigenvalue weighted by atomic mass is 19.1. The zero-order chi connectivity index (χ0) is 20.7. The van der Waals surface area contributed by atoms with Gasteiger partial charge in [0.25, 0.3) is 0 Å². The number of amides is 1. The molecule has 0 bridgehead atoms. The van der Waals surface area contributed by atoms with E-state index in [1.807, 2.05) is 24.4 Å². The number of pyridine rings is 1. The number of hydrogen-bond donors (Lipinski definition) is 1. The molecular formula is C23H22FN5O. The van der Waals surface area contributed by atoms with Gasteiger partial charge in [0, 0.05) is 37.1 Å². The average Bonchev–Trinajstić information content (AvgIpc) is 3.26. The predicted molar refractivity (Wildman–Crippen MR) is 115 cm³/mol. The molecule has 0 radical (unpaired) electrons. The van der Waals surface area contributed by atoms with Crippen LogP contribution in [0.2, 0.25) is 0 Å². The van der Waals surface area contributed by atoms with Crippen LogP contribution in [0.4, 0.5) is 15.9 Å². The first kappa shape index (κ1) is 18.5. The van der Waals surface area contributed by atoms with Gasteiger partial charge in [-0.3, -0.25) is 4.79 Å². The Hall–Kier alpha value is -3.48. The minimum atomic E-state index is -0.310. The van der Waals surface area contributed by atoms with Crippen molar-refractivity contribution in [2.75, 3.05) is 23.3 Å². The summed E-state index contributed by atoms with van der Waals surface area (Å²) in [6.45, 7) is 3.16. The Morgan fingerprint density at radius 3 is 2.73 bits per heavy atom. The van der Waals surface area contributed by atoms with E-state index >= 15 is 0 Å². The number of rotatable bonds is 3. The van der Waals surface area contributed by atoms with Gasteiger partial charge in [-0.2, -0.15) is 0 Å². The van der Waals surface area contributed by atoms with E-state index in [2.05, 4.69) is 25.7 Å². The summed E-state index contributed by atoms with van der Waals surface area (Å²) in [6.07, 6.45) is 5.20. The second-order valence-electron chi connectivity index (χ2n) is 7.76. The van der Waals surface area contributed by atoms with Crippen molar-refractivity contribution in [2.24, 2.45) is 5.92 Å². The SMILES string of the molecule is Cc1ccc(NC(=O)C2CCN(c3nc4ncccc4n4cccc34)CC2)cc1F. The fraction of sp³-hybridized carbons (Fsp3) is 0.261. The van der Waals surface area contributed by atoms with E-state index < -0.39 is 0 Å². The summed E-state index contributed by atoms with van der Waals surface area (Å²) in [5.74, 6) is 0.423. The monoisotopic (exact) mass is 403 g/mol. The van der Waals surface area contributed by atoms with Gasteiger partial charge in [0.05, 0.1) is 11.0 Å². The average molecular weight is 403 g/mol. The molecular weight excluding hydrogens is 381 g/mol. The summed E-state index contributed by atoms with van der Waals surface area (Å²) in [4.78, 5) is 24.1. The maximum Gasteiger partial charge on any atom is 0.227 e. The lowest BCUT2D eigenvalue weighted by atomic mass is 9.95. The predicted octanol–water partition coefficient (Wildman–Crippen LogP) is 4.19. The summed E-state index contributed by atoms with van der Waals surface area (Å²) < 4.78 is 15.9. The van der Waals surface area contributed by atoms with Gasteiger partial charge in [-0.1, -0.05) is 6.07 Å². The third-order valence-corrected chi connectivity index (χ3v) is 5.82. The number of halogens is 1. The van der Waals surface area contributed by atoms with Gasteiger partial charge in [-0.25, -0.2) is 14.4 Å². The van der Waals surface area contributed by atoms with Crippen molar-refractivity contribution in [2.45, 2.75) is 19.8 Å². The van der Waals surface area contributed by atoms with E-state index in [1.54, 1.807) is 25.3 Å². The number of aromatic nitrogens is 3. The lowest BCUT2D eigenvalue weighted by Crippen LogP contribution is -2.38. The van der Waals surface area contributed by atoms with Gasteiger partial charge in [-0.05, 0) is 61.7 Å². The van der Waals surface area contributed by atoms with Crippen LogP contribution in [0, 0.1) is 18.7 Å². The fourth-order valence-corrected chi connectivity index (χ4v) is 4.09. The summed E-state index contributed by atoms with van der Waals surface area (Å²) in [6, 6.07) is 12.8. The Balaban J connectivity index is 1.32. The highest BCUT2D eigenvalue weighted by Crippen LogP contribution is 2.29. The van der Waals surface area contributed by atoms with Crippen molar-refractivity contribution in [3.63, 3.8) is 0 Å². The standard InChI is InChI=1S/C23H22FN5O/c1-15-6-7-17(14-18(15)24)26-23(30)16-8-12-28(13-9-16)22-20-5-3-11-29(20)19-4-2-10-25-21(19)27-22/h2-7,10-11,14,16H,8-9,12-13H2,1H3,(H,26,30). The summed E-state index contributed by atoms with van der Waals surface area (Å²) in [7, 11) is 0. The molecule has 4 heterocycles. The minimum Gasteiger partial charge on any atom is -0.355 e. The van der Waals surface area contributed by atoms with Gasteiger partial charge in [-0.15, -0.1) is 0 Å². The van der Waals surface area contributed by atoms with E-state index in [0.29, 0.717) is 16.9 Å². The number of hydrogen-bond acceptors (Lipinski definition) is 4. The molecule has 0 spiro atoms. The van der Waals surface area contributed by atoms with Gasteiger partial charge in [0.1, 0.15) is 5.82 Å². The quantitative estimate of drug-likeness (QED) is 0.557. The van der Waals surface area contributed by atoms with Gasteiger partial charge in [0.2, 0.25) is 5.91 Å². The number of aryl methyl sites for hydroxylation is 1. The van der Waals surface area contributed by atoms with E-state index in [0.717, 1.165) is 42.8 Å². The molecule has 7 heteroatoms. The molecule has 1 fully saturated rings. The van der Waals surface area contributed by atoms with Crippen LogP contribution >= 0.6 is 0 Å². The van der Waals surface area contributed by atoms with Gasteiger partial charge >= 0.3 is 0 Å². The molecule has 0 aliphatic carbocycles. The van der Waals surface area contributed by atoms with Crippen LogP contribution in [-0.4, -0.2) is 33.4 Å². The largest absolute Gasteiger partial charge is 0.355 e. The Morgan fingerprint density at radius 1 is 1.13 bits per heavy atom. The lowest BCUT2D eigenvalue weighted by Gasteiger charge is -2.32. The van der Waals surface area contributed by atoms with Crippen molar-refractivity contribution in [3.05, 3.63) is 66.2 Å². The Morgan fingerprint density at radius 2 is 1.93 bits per heavy atom. The normalized spacial score (nSPS) is 15.1. The van der Waals surface area contributed by atoms with Crippen LogP contribution in [-0.2, 0) is 4.79 Å². The molecule has 5 rings (SSSR count). The molecule has 30 heavy (non-hydrogen) atoms. The number of nitrogens with zero attached hydrogens (tertiary/aromatic N) is 4.